The second kappa shape index (κ2) is 16.8. The molecule has 0 atom stereocenters. The van der Waals surface area contributed by atoms with Gasteiger partial charge in [-0.2, -0.15) is 0 Å². The van der Waals surface area contributed by atoms with Crippen molar-refractivity contribution >= 4 is 23.8 Å². The molecule has 0 aliphatic carbocycles. The van der Waals surface area contributed by atoms with Crippen LogP contribution in [0.4, 0.5) is 0 Å². The van der Waals surface area contributed by atoms with Gasteiger partial charge in [0, 0.05) is 37.1 Å². The summed E-state index contributed by atoms with van der Waals surface area (Å²) < 4.78 is 9.74. The van der Waals surface area contributed by atoms with Crippen LogP contribution in [-0.2, 0) is 19.1 Å². The summed E-state index contributed by atoms with van der Waals surface area (Å²) in [5.74, 6) is -0.753. The second-order valence-electron chi connectivity index (χ2n) is 7.32. The molecule has 0 spiro atoms. The minimum atomic E-state index is -0.191. The number of carbonyl (C=O) groups is 4. The van der Waals surface area contributed by atoms with E-state index >= 15 is 0 Å². The van der Waals surface area contributed by atoms with Crippen LogP contribution in [-0.4, -0.2) is 50.1 Å². The van der Waals surface area contributed by atoms with Gasteiger partial charge in [0.05, 0.1) is 13.2 Å². The maximum Gasteiger partial charge on any atom is 0.305 e. The highest BCUT2D eigenvalue weighted by Gasteiger charge is 2.09. The summed E-state index contributed by atoms with van der Waals surface area (Å²) in [6.07, 6.45) is 5.52. The molecule has 0 heterocycles. The van der Waals surface area contributed by atoms with Crippen molar-refractivity contribution in [2.24, 2.45) is 0 Å². The molecule has 0 aromatic heterocycles. The fourth-order valence-electron chi connectivity index (χ4n) is 2.99. The highest BCUT2D eigenvalue weighted by Crippen LogP contribution is 2.06. The van der Waals surface area contributed by atoms with Crippen molar-refractivity contribution in [3.05, 3.63) is 35.4 Å². The molecule has 0 bridgehead atoms. The van der Waals surface area contributed by atoms with E-state index in [4.69, 9.17) is 9.47 Å². The zero-order valence-corrected chi connectivity index (χ0v) is 19.2. The molecule has 0 saturated heterocycles. The summed E-state index contributed by atoms with van der Waals surface area (Å²) >= 11 is 0. The zero-order valence-electron chi connectivity index (χ0n) is 19.2. The summed E-state index contributed by atoms with van der Waals surface area (Å²) in [6.45, 7) is 5.41. The molecule has 0 aliphatic rings. The van der Waals surface area contributed by atoms with Crippen LogP contribution in [0.1, 0.15) is 85.9 Å². The molecule has 8 nitrogen and oxygen atoms in total. The standard InChI is InChI=1S/C24H36N2O6/c1-3-31-21(27)11-7-5-9-17-25-23(29)19-13-15-20(16-14-19)24(30)26-18-10-6-8-12-22(28)32-4-2/h13-16H,3-12,17-18H2,1-2H3,(H,25,29)(H,26,30). The summed E-state index contributed by atoms with van der Waals surface area (Å²) in [5.41, 5.74) is 0.985. The molecular formula is C24H36N2O6. The number of ether oxygens (including phenoxy) is 2. The van der Waals surface area contributed by atoms with Gasteiger partial charge in [0.15, 0.2) is 0 Å². The molecule has 1 aromatic rings. The van der Waals surface area contributed by atoms with Crippen molar-refractivity contribution < 1.29 is 28.7 Å². The summed E-state index contributed by atoms with van der Waals surface area (Å²) in [7, 11) is 0. The van der Waals surface area contributed by atoms with Crippen LogP contribution in [0.3, 0.4) is 0 Å². The van der Waals surface area contributed by atoms with Gasteiger partial charge in [0.2, 0.25) is 0 Å². The van der Waals surface area contributed by atoms with Crippen LogP contribution in [0.25, 0.3) is 0 Å². The van der Waals surface area contributed by atoms with Crippen LogP contribution in [0, 0.1) is 0 Å². The van der Waals surface area contributed by atoms with Crippen molar-refractivity contribution in [2.45, 2.75) is 65.2 Å². The van der Waals surface area contributed by atoms with Gasteiger partial charge in [0.1, 0.15) is 0 Å². The van der Waals surface area contributed by atoms with Crippen molar-refractivity contribution in [3.63, 3.8) is 0 Å². The normalized spacial score (nSPS) is 10.3. The molecule has 0 fully saturated rings. The van der Waals surface area contributed by atoms with Crippen LogP contribution in [0.5, 0.6) is 0 Å². The van der Waals surface area contributed by atoms with Gasteiger partial charge >= 0.3 is 11.9 Å². The number of hydrogen-bond donors (Lipinski definition) is 2. The smallest absolute Gasteiger partial charge is 0.305 e. The van der Waals surface area contributed by atoms with Gasteiger partial charge in [-0.3, -0.25) is 19.2 Å². The third kappa shape index (κ3) is 12.1. The van der Waals surface area contributed by atoms with Crippen LogP contribution < -0.4 is 10.6 Å². The van der Waals surface area contributed by atoms with Crippen molar-refractivity contribution in [2.75, 3.05) is 26.3 Å². The highest BCUT2D eigenvalue weighted by molar-refractivity contribution is 5.97. The third-order valence-corrected chi connectivity index (χ3v) is 4.71. The Labute approximate surface area is 190 Å². The Morgan fingerprint density at radius 1 is 0.625 bits per heavy atom. The molecule has 0 aliphatic heterocycles. The van der Waals surface area contributed by atoms with E-state index in [1.54, 1.807) is 38.1 Å². The molecule has 32 heavy (non-hydrogen) atoms. The molecule has 8 heteroatoms. The minimum Gasteiger partial charge on any atom is -0.466 e. The van der Waals surface area contributed by atoms with E-state index in [0.29, 0.717) is 50.3 Å². The molecule has 2 amide bonds. The molecule has 0 radical (unpaired) electrons. The van der Waals surface area contributed by atoms with E-state index in [9.17, 15) is 19.2 Å². The summed E-state index contributed by atoms with van der Waals surface area (Å²) in [6, 6.07) is 6.52. The number of nitrogens with one attached hydrogen (secondary N) is 2. The minimum absolute atomic E-state index is 0.185. The Hall–Kier alpha value is -2.90. The quantitative estimate of drug-likeness (QED) is 0.296. The third-order valence-electron chi connectivity index (χ3n) is 4.71. The maximum atomic E-state index is 12.2. The van der Waals surface area contributed by atoms with E-state index in [-0.39, 0.29) is 23.8 Å². The molecule has 1 rings (SSSR count). The first kappa shape index (κ1) is 27.1. The van der Waals surface area contributed by atoms with E-state index in [1.165, 1.54) is 0 Å². The molecular weight excluding hydrogens is 412 g/mol. The van der Waals surface area contributed by atoms with Crippen LogP contribution >= 0.6 is 0 Å². The zero-order chi connectivity index (χ0) is 23.6. The van der Waals surface area contributed by atoms with Gasteiger partial charge in [-0.25, -0.2) is 0 Å². The molecule has 178 valence electrons. The van der Waals surface area contributed by atoms with Gasteiger partial charge in [0.25, 0.3) is 11.8 Å². The first-order chi connectivity index (χ1) is 15.5. The lowest BCUT2D eigenvalue weighted by Crippen LogP contribution is -2.26. The largest absolute Gasteiger partial charge is 0.466 e. The van der Waals surface area contributed by atoms with E-state index in [0.717, 1.165) is 38.5 Å². The Bertz CT molecular complexity index is 657. The molecule has 0 saturated carbocycles. The molecule has 0 unspecified atom stereocenters. The number of rotatable bonds is 16. The Kier molecular flexibility index (Phi) is 14.2. The van der Waals surface area contributed by atoms with E-state index in [1.807, 2.05) is 0 Å². The number of esters is 2. The lowest BCUT2D eigenvalue weighted by Gasteiger charge is -2.08. The lowest BCUT2D eigenvalue weighted by molar-refractivity contribution is -0.144. The SMILES string of the molecule is CCOC(=O)CCCCCNC(=O)c1ccc(C(=O)NCCCCCC(=O)OCC)cc1. The Morgan fingerprint density at radius 3 is 1.34 bits per heavy atom. The number of benzene rings is 1. The van der Waals surface area contributed by atoms with Gasteiger partial charge < -0.3 is 20.1 Å². The van der Waals surface area contributed by atoms with Crippen molar-refractivity contribution in [1.82, 2.24) is 10.6 Å². The fourth-order valence-corrected chi connectivity index (χ4v) is 2.99. The van der Waals surface area contributed by atoms with Gasteiger partial charge in [-0.05, 0) is 63.8 Å². The number of carbonyl (C=O) groups excluding carboxylic acids is 4. The van der Waals surface area contributed by atoms with E-state index in [2.05, 4.69) is 10.6 Å². The fraction of sp³-hybridized carbons (Fsp3) is 0.583. The van der Waals surface area contributed by atoms with Crippen LogP contribution in [0.15, 0.2) is 24.3 Å². The molecule has 1 aromatic carbocycles. The first-order valence-electron chi connectivity index (χ1n) is 11.5. The Balaban J connectivity index is 2.20. The maximum absolute atomic E-state index is 12.2. The van der Waals surface area contributed by atoms with Gasteiger partial charge in [-0.1, -0.05) is 12.8 Å². The molecule has 2 N–H and O–H groups in total. The lowest BCUT2D eigenvalue weighted by atomic mass is 10.1. The Morgan fingerprint density at radius 2 is 1.00 bits per heavy atom. The number of hydrogen-bond acceptors (Lipinski definition) is 6. The monoisotopic (exact) mass is 448 g/mol. The first-order valence-corrected chi connectivity index (χ1v) is 11.5. The number of unbranched alkanes of at least 4 members (excludes halogenated alkanes) is 4. The van der Waals surface area contributed by atoms with E-state index < -0.39 is 0 Å². The number of amides is 2. The topological polar surface area (TPSA) is 111 Å². The average Bonchev–Trinajstić information content (AvgIpc) is 2.78. The highest BCUT2D eigenvalue weighted by atomic mass is 16.5. The second-order valence-corrected chi connectivity index (χ2v) is 7.32. The van der Waals surface area contributed by atoms with Crippen molar-refractivity contribution in [1.29, 1.82) is 0 Å². The summed E-state index contributed by atoms with van der Waals surface area (Å²) in [5, 5.41) is 5.68. The van der Waals surface area contributed by atoms with Crippen molar-refractivity contribution in [3.8, 4) is 0 Å². The van der Waals surface area contributed by atoms with Gasteiger partial charge in [-0.15, -0.1) is 0 Å². The average molecular weight is 449 g/mol. The predicted octanol–water partition coefficient (Wildman–Crippen LogP) is 3.39. The summed E-state index contributed by atoms with van der Waals surface area (Å²) in [4.78, 5) is 46.9. The van der Waals surface area contributed by atoms with Crippen LogP contribution in [0.2, 0.25) is 0 Å². The predicted molar refractivity (Wildman–Crippen MR) is 121 cm³/mol.